The van der Waals surface area contributed by atoms with Crippen molar-refractivity contribution in [3.8, 4) is 0 Å². The molecule has 0 saturated heterocycles. The van der Waals surface area contributed by atoms with Crippen LogP contribution in [-0.4, -0.2) is 23.9 Å². The molecule has 0 aliphatic rings. The lowest BCUT2D eigenvalue weighted by Crippen LogP contribution is -2.63. The highest BCUT2D eigenvalue weighted by molar-refractivity contribution is 5.14. The first-order valence-corrected chi connectivity index (χ1v) is 3.41. The van der Waals surface area contributed by atoms with Gasteiger partial charge in [-0.3, -0.25) is 0 Å². The highest BCUT2D eigenvalue weighted by Crippen LogP contribution is 2.55. The Bertz CT molecular complexity index is 287. The zero-order valence-corrected chi connectivity index (χ0v) is 7.23. The lowest BCUT2D eigenvalue weighted by molar-refractivity contribution is -0.387. The lowest BCUT2D eigenvalue weighted by atomic mass is 9.96. The second-order valence-corrected chi connectivity index (χ2v) is 2.71. The van der Waals surface area contributed by atoms with Gasteiger partial charge in [0, 0.05) is 0 Å². The smallest absolute Gasteiger partial charge is 0.216 e. The van der Waals surface area contributed by atoms with E-state index < -0.39 is 36.1 Å². The molecule has 0 aromatic rings. The first kappa shape index (κ1) is 16.0. The molecular formula is C6HF11. The summed E-state index contributed by atoms with van der Waals surface area (Å²) in [5.41, 5.74) is -7.09. The highest BCUT2D eigenvalue weighted by Gasteiger charge is 2.83. The molecule has 0 N–H and O–H groups in total. The van der Waals surface area contributed by atoms with Crippen LogP contribution in [-0.2, 0) is 0 Å². The molecular weight excluding hydrogens is 281 g/mol. The summed E-state index contributed by atoms with van der Waals surface area (Å²) in [5.74, 6) is -6.48. The summed E-state index contributed by atoms with van der Waals surface area (Å²) in [6, 6.07) is 0. The molecule has 0 amide bonds. The Hall–Kier alpha value is -1.03. The minimum absolute atomic E-state index is 2.03. The molecule has 0 atom stereocenters. The highest BCUT2D eigenvalue weighted by atomic mass is 19.4. The molecule has 0 saturated carbocycles. The average Bonchev–Trinajstić information content (AvgIpc) is 1.95. The van der Waals surface area contributed by atoms with E-state index in [1.807, 2.05) is 0 Å². The largest absolute Gasteiger partial charge is 0.438 e. The summed E-state index contributed by atoms with van der Waals surface area (Å²) in [7, 11) is 0. The van der Waals surface area contributed by atoms with Crippen molar-refractivity contribution in [3.05, 3.63) is 12.2 Å². The predicted octanol–water partition coefficient (Wildman–Crippen LogP) is 4.24. The Morgan fingerprint density at radius 2 is 0.941 bits per heavy atom. The van der Waals surface area contributed by atoms with E-state index in [1.54, 1.807) is 0 Å². The minimum Gasteiger partial charge on any atom is -0.216 e. The summed E-state index contributed by atoms with van der Waals surface area (Å²) in [5, 5.41) is 0. The molecule has 0 aliphatic carbocycles. The molecule has 0 nitrogen and oxygen atoms in total. The molecule has 0 rings (SSSR count). The van der Waals surface area contributed by atoms with Crippen LogP contribution in [0, 0.1) is 0 Å². The van der Waals surface area contributed by atoms with Gasteiger partial charge in [0.25, 0.3) is 6.08 Å². The maximum Gasteiger partial charge on any atom is 0.438 e. The second-order valence-electron chi connectivity index (χ2n) is 2.71. The number of rotatable bonds is 2. The van der Waals surface area contributed by atoms with Crippen LogP contribution in [0.25, 0.3) is 0 Å². The Labute approximate surface area is 85.7 Å². The van der Waals surface area contributed by atoms with Gasteiger partial charge in [0.1, 0.15) is 0 Å². The van der Waals surface area contributed by atoms with Crippen LogP contribution in [0.3, 0.4) is 0 Å². The van der Waals surface area contributed by atoms with Crippen molar-refractivity contribution in [1.82, 2.24) is 0 Å². The molecule has 0 aromatic heterocycles. The number of hydrogen-bond acceptors (Lipinski definition) is 0. The van der Waals surface area contributed by atoms with E-state index in [0.29, 0.717) is 0 Å². The Morgan fingerprint density at radius 3 is 1.12 bits per heavy atom. The topological polar surface area (TPSA) is 0 Å². The molecule has 0 aliphatic heterocycles. The molecule has 102 valence electrons. The lowest BCUT2D eigenvalue weighted by Gasteiger charge is -2.34. The van der Waals surface area contributed by atoms with E-state index in [1.165, 1.54) is 0 Å². The monoisotopic (exact) mass is 282 g/mol. The van der Waals surface area contributed by atoms with Crippen molar-refractivity contribution in [1.29, 1.82) is 0 Å². The van der Waals surface area contributed by atoms with Gasteiger partial charge in [-0.05, 0) is 0 Å². The summed E-state index contributed by atoms with van der Waals surface area (Å²) >= 11 is 0. The van der Waals surface area contributed by atoms with Gasteiger partial charge in [-0.15, -0.1) is 0 Å². The van der Waals surface area contributed by atoms with Crippen LogP contribution in [0.5, 0.6) is 0 Å². The van der Waals surface area contributed by atoms with Gasteiger partial charge in [0.2, 0.25) is 0 Å². The number of hydrogen-bond donors (Lipinski definition) is 0. The van der Waals surface area contributed by atoms with Crippen LogP contribution >= 0.6 is 0 Å². The van der Waals surface area contributed by atoms with Crippen LogP contribution in [0.15, 0.2) is 12.2 Å². The molecule has 0 heterocycles. The zero-order chi connectivity index (χ0) is 14.3. The van der Waals surface area contributed by atoms with E-state index in [-0.39, 0.29) is 0 Å². The number of allylic oxidation sites excluding steroid dienone is 1. The van der Waals surface area contributed by atoms with E-state index in [4.69, 9.17) is 0 Å². The van der Waals surface area contributed by atoms with Gasteiger partial charge in [-0.2, -0.15) is 43.9 Å². The van der Waals surface area contributed by atoms with Gasteiger partial charge in [0.05, 0.1) is 6.08 Å². The molecule has 0 aromatic carbocycles. The molecule has 0 fully saturated rings. The number of halogens is 11. The van der Waals surface area contributed by atoms with Crippen LogP contribution in [0.4, 0.5) is 48.3 Å². The molecule has 0 unspecified atom stereocenters. The third-order valence-corrected chi connectivity index (χ3v) is 1.53. The first-order chi connectivity index (χ1) is 7.17. The molecule has 0 radical (unpaired) electrons. The van der Waals surface area contributed by atoms with Gasteiger partial charge in [-0.1, -0.05) is 0 Å². The quantitative estimate of drug-likeness (QED) is 0.665. The summed E-state index contributed by atoms with van der Waals surface area (Å²) < 4.78 is 130. The standard InChI is InChI=1S/C6HF11/c7-2(8)1-3(9,10)4(11,5(12,13)14)6(15,16)17/h1H. The van der Waals surface area contributed by atoms with E-state index in [9.17, 15) is 48.3 Å². The van der Waals surface area contributed by atoms with Gasteiger partial charge in [0.15, 0.2) is 0 Å². The van der Waals surface area contributed by atoms with Crippen LogP contribution < -0.4 is 0 Å². The van der Waals surface area contributed by atoms with Crippen LogP contribution in [0.2, 0.25) is 0 Å². The zero-order valence-electron chi connectivity index (χ0n) is 7.23. The fourth-order valence-corrected chi connectivity index (χ4v) is 0.775. The maximum absolute atomic E-state index is 12.6. The predicted molar refractivity (Wildman–Crippen MR) is 31.2 cm³/mol. The van der Waals surface area contributed by atoms with Crippen molar-refractivity contribution < 1.29 is 48.3 Å². The van der Waals surface area contributed by atoms with Gasteiger partial charge in [-0.25, -0.2) is 4.39 Å². The van der Waals surface area contributed by atoms with Crippen molar-refractivity contribution in [2.45, 2.75) is 23.9 Å². The van der Waals surface area contributed by atoms with Crippen molar-refractivity contribution in [2.75, 3.05) is 0 Å². The van der Waals surface area contributed by atoms with Crippen molar-refractivity contribution >= 4 is 0 Å². The van der Waals surface area contributed by atoms with E-state index in [0.717, 1.165) is 0 Å². The van der Waals surface area contributed by atoms with Crippen LogP contribution in [0.1, 0.15) is 0 Å². The molecule has 17 heavy (non-hydrogen) atoms. The Kier molecular flexibility index (Phi) is 3.77. The van der Waals surface area contributed by atoms with Gasteiger partial charge >= 0.3 is 23.9 Å². The minimum atomic E-state index is -7.11. The fourth-order valence-electron chi connectivity index (χ4n) is 0.775. The maximum atomic E-state index is 12.6. The number of alkyl halides is 9. The second kappa shape index (κ2) is 4.02. The first-order valence-electron chi connectivity index (χ1n) is 3.41. The fraction of sp³-hybridized carbons (Fsp3) is 0.667. The van der Waals surface area contributed by atoms with E-state index >= 15 is 0 Å². The normalized spacial score (nSPS) is 14.8. The van der Waals surface area contributed by atoms with Crippen molar-refractivity contribution in [3.63, 3.8) is 0 Å². The Balaban J connectivity index is 5.93. The SMILES string of the molecule is FC(F)=CC(F)(F)C(F)(C(F)(F)F)C(F)(F)F. The van der Waals surface area contributed by atoms with Crippen molar-refractivity contribution in [2.24, 2.45) is 0 Å². The van der Waals surface area contributed by atoms with E-state index in [2.05, 4.69) is 0 Å². The average molecular weight is 282 g/mol. The molecule has 11 heteroatoms. The van der Waals surface area contributed by atoms with Gasteiger partial charge < -0.3 is 0 Å². The summed E-state index contributed by atoms with van der Waals surface area (Å²) in [4.78, 5) is 0. The molecule has 0 bridgehead atoms. The molecule has 0 spiro atoms. The Morgan fingerprint density at radius 1 is 0.647 bits per heavy atom. The third-order valence-electron chi connectivity index (χ3n) is 1.53. The summed E-state index contributed by atoms with van der Waals surface area (Å²) in [6.45, 7) is 0. The summed E-state index contributed by atoms with van der Waals surface area (Å²) in [6.07, 6.45) is -19.8. The third kappa shape index (κ3) is 2.63.